The van der Waals surface area contributed by atoms with E-state index < -0.39 is 0 Å². The van der Waals surface area contributed by atoms with E-state index in [0.717, 1.165) is 11.5 Å². The first-order chi connectivity index (χ1) is 8.44. The lowest BCUT2D eigenvalue weighted by atomic mass is 9.71. The van der Waals surface area contributed by atoms with Gasteiger partial charge in [0.25, 0.3) is 0 Å². The Labute approximate surface area is 111 Å². The molecule has 1 saturated carbocycles. The molecule has 2 nitrogen and oxygen atoms in total. The third-order valence-electron chi connectivity index (χ3n) is 4.49. The summed E-state index contributed by atoms with van der Waals surface area (Å²) in [6.45, 7) is 8.66. The van der Waals surface area contributed by atoms with Crippen LogP contribution < -0.4 is 5.73 Å². The highest BCUT2D eigenvalue weighted by molar-refractivity contribution is 5.26. The molecule has 0 radical (unpaired) electrons. The van der Waals surface area contributed by atoms with Gasteiger partial charge in [0.05, 0.1) is 0 Å². The minimum absolute atomic E-state index is 0.139. The van der Waals surface area contributed by atoms with Crippen molar-refractivity contribution in [2.75, 3.05) is 0 Å². The highest BCUT2D eigenvalue weighted by Gasteiger charge is 2.41. The smallest absolute Gasteiger partial charge is 0.105 e. The van der Waals surface area contributed by atoms with Gasteiger partial charge in [-0.25, -0.2) is 0 Å². The Morgan fingerprint density at radius 1 is 1.28 bits per heavy atom. The maximum absolute atomic E-state index is 6.64. The lowest BCUT2D eigenvalue weighted by molar-refractivity contribution is 0.182. The van der Waals surface area contributed by atoms with Crippen molar-refractivity contribution >= 4 is 0 Å². The van der Waals surface area contributed by atoms with Crippen molar-refractivity contribution in [2.45, 2.75) is 65.8 Å². The predicted molar refractivity (Wildman–Crippen MR) is 75.5 cm³/mol. The molecule has 18 heavy (non-hydrogen) atoms. The molecule has 1 aromatic rings. The van der Waals surface area contributed by atoms with Gasteiger partial charge in [0.15, 0.2) is 0 Å². The minimum Gasteiger partial charge on any atom is -0.466 e. The molecular formula is C16H27NO. The molecule has 0 saturated heterocycles. The third kappa shape index (κ3) is 2.49. The van der Waals surface area contributed by atoms with Gasteiger partial charge in [-0.3, -0.25) is 0 Å². The second-order valence-electron chi connectivity index (χ2n) is 6.51. The molecule has 2 N–H and O–H groups in total. The molecular weight excluding hydrogens is 222 g/mol. The lowest BCUT2D eigenvalue weighted by Crippen LogP contribution is -2.33. The van der Waals surface area contributed by atoms with Crippen LogP contribution in [0, 0.1) is 25.2 Å². The summed E-state index contributed by atoms with van der Waals surface area (Å²) in [5.41, 5.74) is 8.17. The van der Waals surface area contributed by atoms with Crippen molar-refractivity contribution < 1.29 is 4.42 Å². The van der Waals surface area contributed by atoms with E-state index in [1.54, 1.807) is 0 Å². The summed E-state index contributed by atoms with van der Waals surface area (Å²) in [4.78, 5) is 0. The van der Waals surface area contributed by atoms with Crippen molar-refractivity contribution in [3.8, 4) is 0 Å². The maximum Gasteiger partial charge on any atom is 0.105 e. The molecule has 0 amide bonds. The average molecular weight is 249 g/mol. The number of rotatable bonds is 4. The van der Waals surface area contributed by atoms with Crippen molar-refractivity contribution in [3.05, 3.63) is 23.2 Å². The average Bonchev–Trinajstić information content (AvgIpc) is 2.84. The van der Waals surface area contributed by atoms with E-state index in [0.29, 0.717) is 11.3 Å². The number of hydrogen-bond acceptors (Lipinski definition) is 2. The molecule has 1 fully saturated rings. The predicted octanol–water partition coefficient (Wildman–Crippen LogP) is 4.50. The fourth-order valence-corrected chi connectivity index (χ4v) is 3.82. The molecule has 102 valence electrons. The molecule has 1 unspecified atom stereocenters. The number of aryl methyl sites for hydroxylation is 2. The Balaban J connectivity index is 2.28. The zero-order valence-corrected chi connectivity index (χ0v) is 12.3. The van der Waals surface area contributed by atoms with Crippen LogP contribution in [0.5, 0.6) is 0 Å². The molecule has 1 aromatic heterocycles. The fraction of sp³-hybridized carbons (Fsp3) is 0.750. The first kappa shape index (κ1) is 13.7. The van der Waals surface area contributed by atoms with Crippen LogP contribution in [0.3, 0.4) is 0 Å². The Bertz CT molecular complexity index is 399. The summed E-state index contributed by atoms with van der Waals surface area (Å²) in [7, 11) is 0. The highest BCUT2D eigenvalue weighted by Crippen LogP contribution is 2.51. The first-order valence-electron chi connectivity index (χ1n) is 7.27. The Morgan fingerprint density at radius 2 is 1.89 bits per heavy atom. The molecule has 0 spiro atoms. The van der Waals surface area contributed by atoms with Crippen LogP contribution in [0.15, 0.2) is 10.5 Å². The monoisotopic (exact) mass is 249 g/mol. The van der Waals surface area contributed by atoms with Crippen LogP contribution in [-0.2, 0) is 0 Å². The largest absolute Gasteiger partial charge is 0.466 e. The topological polar surface area (TPSA) is 39.2 Å². The van der Waals surface area contributed by atoms with Crippen molar-refractivity contribution in [1.29, 1.82) is 0 Å². The third-order valence-corrected chi connectivity index (χ3v) is 4.49. The van der Waals surface area contributed by atoms with Crippen LogP contribution in [0.4, 0.5) is 0 Å². The van der Waals surface area contributed by atoms with E-state index in [9.17, 15) is 0 Å². The SMILES string of the molecule is Cc1cc(C(N)C2(CC(C)C)CCCC2)c(C)o1. The summed E-state index contributed by atoms with van der Waals surface area (Å²) >= 11 is 0. The van der Waals surface area contributed by atoms with Gasteiger partial charge < -0.3 is 10.2 Å². The molecule has 0 aromatic carbocycles. The Kier molecular flexibility index (Phi) is 3.86. The van der Waals surface area contributed by atoms with Gasteiger partial charge in [0, 0.05) is 11.6 Å². The highest BCUT2D eigenvalue weighted by atomic mass is 16.3. The van der Waals surface area contributed by atoms with E-state index in [2.05, 4.69) is 19.9 Å². The summed E-state index contributed by atoms with van der Waals surface area (Å²) in [6, 6.07) is 2.28. The number of furan rings is 1. The van der Waals surface area contributed by atoms with E-state index in [1.165, 1.54) is 37.7 Å². The Hall–Kier alpha value is -0.760. The zero-order valence-electron chi connectivity index (χ0n) is 12.3. The second-order valence-corrected chi connectivity index (χ2v) is 6.51. The van der Waals surface area contributed by atoms with Gasteiger partial charge in [0.2, 0.25) is 0 Å². The van der Waals surface area contributed by atoms with Crippen LogP contribution in [0.2, 0.25) is 0 Å². The van der Waals surface area contributed by atoms with Crippen LogP contribution >= 0.6 is 0 Å². The summed E-state index contributed by atoms with van der Waals surface area (Å²) in [5, 5.41) is 0. The van der Waals surface area contributed by atoms with Crippen LogP contribution in [0.1, 0.15) is 69.1 Å². The lowest BCUT2D eigenvalue weighted by Gasteiger charge is -2.37. The second kappa shape index (κ2) is 5.08. The molecule has 1 heterocycles. The van der Waals surface area contributed by atoms with Gasteiger partial charge in [0.1, 0.15) is 11.5 Å². The maximum atomic E-state index is 6.64. The van der Waals surface area contributed by atoms with Gasteiger partial charge in [-0.15, -0.1) is 0 Å². The fourth-order valence-electron chi connectivity index (χ4n) is 3.82. The molecule has 2 heteroatoms. The number of nitrogens with two attached hydrogens (primary N) is 1. The van der Waals surface area contributed by atoms with Crippen molar-refractivity contribution in [2.24, 2.45) is 17.1 Å². The molecule has 2 rings (SSSR count). The Morgan fingerprint density at radius 3 is 2.33 bits per heavy atom. The molecule has 1 aliphatic carbocycles. The van der Waals surface area contributed by atoms with E-state index in [4.69, 9.17) is 10.2 Å². The van der Waals surface area contributed by atoms with Crippen LogP contribution in [-0.4, -0.2) is 0 Å². The standard InChI is InChI=1S/C16H27NO/c1-11(2)10-16(7-5-6-8-16)15(17)14-9-12(3)18-13(14)4/h9,11,15H,5-8,10,17H2,1-4H3. The molecule has 1 atom stereocenters. The van der Waals surface area contributed by atoms with E-state index >= 15 is 0 Å². The quantitative estimate of drug-likeness (QED) is 0.853. The number of hydrogen-bond donors (Lipinski definition) is 1. The van der Waals surface area contributed by atoms with E-state index in [-0.39, 0.29) is 6.04 Å². The van der Waals surface area contributed by atoms with Crippen molar-refractivity contribution in [1.82, 2.24) is 0 Å². The van der Waals surface area contributed by atoms with Gasteiger partial charge in [-0.1, -0.05) is 26.7 Å². The van der Waals surface area contributed by atoms with Crippen LogP contribution in [0.25, 0.3) is 0 Å². The summed E-state index contributed by atoms with van der Waals surface area (Å²) < 4.78 is 5.67. The van der Waals surface area contributed by atoms with Gasteiger partial charge in [-0.2, -0.15) is 0 Å². The molecule has 0 aliphatic heterocycles. The van der Waals surface area contributed by atoms with Crippen molar-refractivity contribution in [3.63, 3.8) is 0 Å². The molecule has 1 aliphatic rings. The summed E-state index contributed by atoms with van der Waals surface area (Å²) in [5.74, 6) is 2.70. The van der Waals surface area contributed by atoms with Gasteiger partial charge >= 0.3 is 0 Å². The first-order valence-corrected chi connectivity index (χ1v) is 7.27. The summed E-state index contributed by atoms with van der Waals surface area (Å²) in [6.07, 6.45) is 6.44. The van der Waals surface area contributed by atoms with E-state index in [1.807, 2.05) is 13.8 Å². The normalized spacial score (nSPS) is 20.6. The molecule has 0 bridgehead atoms. The van der Waals surface area contributed by atoms with Gasteiger partial charge in [-0.05, 0) is 50.5 Å². The zero-order chi connectivity index (χ0) is 13.3. The minimum atomic E-state index is 0.139.